The van der Waals surface area contributed by atoms with Gasteiger partial charge in [-0.3, -0.25) is 0 Å². The molecule has 3 nitrogen and oxygen atoms in total. The Morgan fingerprint density at radius 3 is 2.36 bits per heavy atom. The molecule has 1 fully saturated rings. The Balaban J connectivity index is 2.89. The molecule has 0 aliphatic carbocycles. The van der Waals surface area contributed by atoms with Crippen LogP contribution in [0.2, 0.25) is 0 Å². The highest BCUT2D eigenvalue weighted by Gasteiger charge is 2.43. The van der Waals surface area contributed by atoms with Crippen LogP contribution in [0.5, 0.6) is 0 Å². The quantitative estimate of drug-likeness (QED) is 0.417. The SMILES string of the molecule is CCN1CC(=O)[N+](C)(C)C1=S. The van der Waals surface area contributed by atoms with Crippen molar-refractivity contribution in [2.24, 2.45) is 0 Å². The van der Waals surface area contributed by atoms with Crippen LogP contribution in [-0.2, 0) is 4.79 Å². The van der Waals surface area contributed by atoms with Gasteiger partial charge in [0.25, 0.3) is 5.11 Å². The van der Waals surface area contributed by atoms with Gasteiger partial charge in [0.05, 0.1) is 14.1 Å². The van der Waals surface area contributed by atoms with E-state index in [1.807, 2.05) is 25.9 Å². The Morgan fingerprint density at radius 2 is 2.18 bits per heavy atom. The van der Waals surface area contributed by atoms with Crippen molar-refractivity contribution in [3.05, 3.63) is 0 Å². The van der Waals surface area contributed by atoms with E-state index in [0.717, 1.165) is 11.7 Å². The molecule has 0 atom stereocenters. The molecule has 1 rings (SSSR count). The number of quaternary nitrogens is 1. The van der Waals surface area contributed by atoms with Crippen molar-refractivity contribution < 1.29 is 9.28 Å². The van der Waals surface area contributed by atoms with Crippen molar-refractivity contribution in [3.8, 4) is 0 Å². The van der Waals surface area contributed by atoms with Crippen LogP contribution in [-0.4, -0.2) is 47.6 Å². The lowest BCUT2D eigenvalue weighted by atomic mass is 10.5. The van der Waals surface area contributed by atoms with Gasteiger partial charge in [0, 0.05) is 18.8 Å². The Kier molecular flexibility index (Phi) is 1.98. The van der Waals surface area contributed by atoms with Gasteiger partial charge in [-0.25, -0.2) is 9.28 Å². The number of carbonyl (C=O) groups excluding carboxylic acids is 1. The second kappa shape index (κ2) is 2.53. The molecule has 0 N–H and O–H groups in total. The molecule has 1 amide bonds. The first kappa shape index (κ1) is 8.62. The smallest absolute Gasteiger partial charge is 0.304 e. The van der Waals surface area contributed by atoms with Gasteiger partial charge in [0.15, 0.2) is 0 Å². The third-order valence-electron chi connectivity index (χ3n) is 2.08. The molecule has 0 spiro atoms. The molecule has 4 heteroatoms. The largest absolute Gasteiger partial charge is 0.339 e. The Morgan fingerprint density at radius 1 is 1.64 bits per heavy atom. The van der Waals surface area contributed by atoms with E-state index in [-0.39, 0.29) is 10.4 Å². The zero-order chi connectivity index (χ0) is 8.65. The molecule has 1 aliphatic rings. The Hall–Kier alpha value is -0.480. The minimum atomic E-state index is 0.178. The number of nitrogens with zero attached hydrogens (tertiary/aromatic N) is 2. The number of amides is 1. The van der Waals surface area contributed by atoms with Crippen LogP contribution in [0.1, 0.15) is 6.92 Å². The maximum Gasteiger partial charge on any atom is 0.339 e. The maximum absolute atomic E-state index is 11.3. The van der Waals surface area contributed by atoms with Crippen molar-refractivity contribution >= 4 is 23.2 Å². The van der Waals surface area contributed by atoms with E-state index in [1.54, 1.807) is 0 Å². The van der Waals surface area contributed by atoms with Crippen molar-refractivity contribution in [1.29, 1.82) is 0 Å². The third kappa shape index (κ3) is 1.16. The molecule has 1 heterocycles. The lowest BCUT2D eigenvalue weighted by Crippen LogP contribution is -2.46. The third-order valence-corrected chi connectivity index (χ3v) is 2.79. The molecule has 0 aromatic carbocycles. The van der Waals surface area contributed by atoms with Crippen LogP contribution in [0, 0.1) is 0 Å². The number of likely N-dealkylation sites (N-methyl/N-ethyl adjacent to an activating group) is 2. The number of rotatable bonds is 1. The summed E-state index contributed by atoms with van der Waals surface area (Å²) in [5.41, 5.74) is 0. The standard InChI is InChI=1S/C7H13N2OS/c1-4-8-5-6(10)9(2,3)7(8)11/h4-5H2,1-3H3/q+1. The molecule has 0 aromatic rings. The fraction of sp³-hybridized carbons (Fsp3) is 0.714. The molecule has 62 valence electrons. The zero-order valence-corrected chi connectivity index (χ0v) is 7.94. The lowest BCUT2D eigenvalue weighted by Gasteiger charge is -2.20. The predicted octanol–water partition coefficient (Wildman–Crippen LogP) is 0.210. The van der Waals surface area contributed by atoms with Gasteiger partial charge in [-0.1, -0.05) is 0 Å². The fourth-order valence-electron chi connectivity index (χ4n) is 1.11. The molecular weight excluding hydrogens is 160 g/mol. The van der Waals surface area contributed by atoms with Crippen molar-refractivity contribution in [1.82, 2.24) is 4.90 Å². The van der Waals surface area contributed by atoms with Crippen LogP contribution in [0.3, 0.4) is 0 Å². The van der Waals surface area contributed by atoms with Crippen molar-refractivity contribution in [2.75, 3.05) is 27.2 Å². The molecule has 0 unspecified atom stereocenters. The van der Waals surface area contributed by atoms with E-state index in [4.69, 9.17) is 12.2 Å². The van der Waals surface area contributed by atoms with E-state index in [0.29, 0.717) is 6.54 Å². The van der Waals surface area contributed by atoms with Crippen LogP contribution < -0.4 is 0 Å². The Labute approximate surface area is 72.2 Å². The topological polar surface area (TPSA) is 20.3 Å². The summed E-state index contributed by atoms with van der Waals surface area (Å²) < 4.78 is 0.239. The highest BCUT2D eigenvalue weighted by molar-refractivity contribution is 7.80. The average Bonchev–Trinajstić information content (AvgIpc) is 2.14. The van der Waals surface area contributed by atoms with Gasteiger partial charge in [-0.2, -0.15) is 0 Å². The van der Waals surface area contributed by atoms with Gasteiger partial charge in [0.2, 0.25) is 0 Å². The van der Waals surface area contributed by atoms with Crippen molar-refractivity contribution in [2.45, 2.75) is 6.92 Å². The lowest BCUT2D eigenvalue weighted by molar-refractivity contribution is -0.712. The summed E-state index contributed by atoms with van der Waals surface area (Å²) >= 11 is 5.13. The summed E-state index contributed by atoms with van der Waals surface area (Å²) in [6.07, 6.45) is 0. The molecule has 0 saturated carbocycles. The molecular formula is C7H13N2OS+. The van der Waals surface area contributed by atoms with E-state index in [2.05, 4.69) is 0 Å². The van der Waals surface area contributed by atoms with Crippen LogP contribution in [0.15, 0.2) is 0 Å². The minimum Gasteiger partial charge on any atom is -0.304 e. The molecule has 1 saturated heterocycles. The maximum atomic E-state index is 11.3. The van der Waals surface area contributed by atoms with E-state index < -0.39 is 0 Å². The number of carbonyl (C=O) groups is 1. The van der Waals surface area contributed by atoms with Crippen LogP contribution in [0.25, 0.3) is 0 Å². The van der Waals surface area contributed by atoms with Gasteiger partial charge in [0.1, 0.15) is 6.54 Å². The number of thiocarbonyl (C=S) groups is 1. The second-order valence-corrected chi connectivity index (χ2v) is 3.51. The van der Waals surface area contributed by atoms with E-state index in [9.17, 15) is 4.79 Å². The summed E-state index contributed by atoms with van der Waals surface area (Å²) in [5, 5.41) is 0.734. The molecule has 1 aliphatic heterocycles. The van der Waals surface area contributed by atoms with Crippen LogP contribution >= 0.6 is 12.2 Å². The monoisotopic (exact) mass is 173 g/mol. The van der Waals surface area contributed by atoms with E-state index in [1.165, 1.54) is 0 Å². The highest BCUT2D eigenvalue weighted by atomic mass is 32.1. The minimum absolute atomic E-state index is 0.178. The molecule has 0 bridgehead atoms. The summed E-state index contributed by atoms with van der Waals surface area (Å²) in [4.78, 5) is 13.2. The first-order valence-corrected chi connectivity index (χ1v) is 4.07. The average molecular weight is 173 g/mol. The van der Waals surface area contributed by atoms with Crippen molar-refractivity contribution in [3.63, 3.8) is 0 Å². The molecule has 0 radical (unpaired) electrons. The molecule has 11 heavy (non-hydrogen) atoms. The summed E-state index contributed by atoms with van der Waals surface area (Å²) in [5.74, 6) is 0.178. The van der Waals surface area contributed by atoms with Gasteiger partial charge < -0.3 is 4.90 Å². The van der Waals surface area contributed by atoms with Gasteiger partial charge >= 0.3 is 5.91 Å². The summed E-state index contributed by atoms with van der Waals surface area (Å²) in [7, 11) is 3.67. The Bertz CT molecular complexity index is 212. The number of hydrogen-bond acceptors (Lipinski definition) is 2. The fourth-order valence-corrected chi connectivity index (χ4v) is 1.41. The van der Waals surface area contributed by atoms with Gasteiger partial charge in [-0.05, 0) is 6.92 Å². The second-order valence-electron chi connectivity index (χ2n) is 3.14. The zero-order valence-electron chi connectivity index (χ0n) is 7.13. The highest BCUT2D eigenvalue weighted by Crippen LogP contribution is 2.14. The number of hydrogen-bond donors (Lipinski definition) is 0. The van der Waals surface area contributed by atoms with Crippen LogP contribution in [0.4, 0.5) is 0 Å². The normalized spacial score (nSPS) is 23.0. The summed E-state index contributed by atoms with van der Waals surface area (Å²) in [6.45, 7) is 3.31. The molecule has 0 aromatic heterocycles. The van der Waals surface area contributed by atoms with Gasteiger partial charge in [-0.15, -0.1) is 0 Å². The first-order chi connectivity index (χ1) is 5.00. The first-order valence-electron chi connectivity index (χ1n) is 3.67. The summed E-state index contributed by atoms with van der Waals surface area (Å²) in [6, 6.07) is 0. The van der Waals surface area contributed by atoms with E-state index >= 15 is 0 Å². The predicted molar refractivity (Wildman–Crippen MR) is 47.0 cm³/mol.